The molecular formula is C12H20N4. The predicted octanol–water partition coefficient (Wildman–Crippen LogP) is 1.11. The number of nitrogens with two attached hydrogens (primary N) is 1. The van der Waals surface area contributed by atoms with Crippen molar-refractivity contribution < 1.29 is 0 Å². The van der Waals surface area contributed by atoms with Gasteiger partial charge in [0.05, 0.1) is 11.9 Å². The van der Waals surface area contributed by atoms with Crippen molar-refractivity contribution in [2.45, 2.75) is 19.4 Å². The highest BCUT2D eigenvalue weighted by Gasteiger charge is 2.24. The van der Waals surface area contributed by atoms with Crippen LogP contribution in [0, 0.1) is 6.92 Å². The zero-order valence-corrected chi connectivity index (χ0v) is 10.3. The Morgan fingerprint density at radius 1 is 1.50 bits per heavy atom. The Morgan fingerprint density at radius 2 is 2.25 bits per heavy atom. The van der Waals surface area contributed by atoms with Crippen LogP contribution in [0.2, 0.25) is 0 Å². The first-order chi connectivity index (χ1) is 7.58. The van der Waals surface area contributed by atoms with E-state index >= 15 is 0 Å². The predicted molar refractivity (Wildman–Crippen MR) is 67.7 cm³/mol. The molecule has 0 amide bonds. The highest BCUT2D eigenvalue weighted by molar-refractivity contribution is 5.55. The van der Waals surface area contributed by atoms with Gasteiger partial charge >= 0.3 is 0 Å². The molecule has 0 radical (unpaired) electrons. The van der Waals surface area contributed by atoms with Gasteiger partial charge in [0.25, 0.3) is 0 Å². The summed E-state index contributed by atoms with van der Waals surface area (Å²) in [5.41, 5.74) is 8.10. The molecule has 1 aromatic rings. The number of likely N-dealkylation sites (N-methyl/N-ethyl adjacent to an activating group) is 1. The van der Waals surface area contributed by atoms with Gasteiger partial charge < -0.3 is 15.5 Å². The fourth-order valence-corrected chi connectivity index (χ4v) is 2.28. The van der Waals surface area contributed by atoms with Crippen LogP contribution in [0.3, 0.4) is 0 Å². The van der Waals surface area contributed by atoms with Crippen LogP contribution < -0.4 is 10.6 Å². The lowest BCUT2D eigenvalue weighted by molar-refractivity contribution is 0.315. The van der Waals surface area contributed by atoms with Crippen LogP contribution in [0.5, 0.6) is 0 Å². The highest BCUT2D eigenvalue weighted by Crippen LogP contribution is 2.25. The molecule has 16 heavy (non-hydrogen) atoms. The average Bonchev–Trinajstić information content (AvgIpc) is 2.66. The van der Waals surface area contributed by atoms with E-state index in [4.69, 9.17) is 5.73 Å². The lowest BCUT2D eigenvalue weighted by Crippen LogP contribution is -2.31. The first-order valence-electron chi connectivity index (χ1n) is 5.71. The van der Waals surface area contributed by atoms with Crippen molar-refractivity contribution >= 4 is 11.5 Å². The topological polar surface area (TPSA) is 45.4 Å². The molecule has 1 fully saturated rings. The van der Waals surface area contributed by atoms with Gasteiger partial charge in [-0.3, -0.25) is 0 Å². The Hall–Kier alpha value is -1.29. The first-order valence-corrected chi connectivity index (χ1v) is 5.71. The number of aromatic nitrogens is 1. The minimum absolute atomic E-state index is 0.601. The standard InChI is InChI=1S/C12H20N4/c1-9-6-12(13)14-7-11(9)16-5-4-10(8-16)15(2)3/h6-7,10H,4-5,8H2,1-3H3,(H2,13,14). The molecular weight excluding hydrogens is 200 g/mol. The lowest BCUT2D eigenvalue weighted by Gasteiger charge is -2.23. The molecule has 2 heterocycles. The number of nitrogens with zero attached hydrogens (tertiary/aromatic N) is 3. The van der Waals surface area contributed by atoms with Crippen molar-refractivity contribution in [2.75, 3.05) is 37.8 Å². The Balaban J connectivity index is 2.14. The fourth-order valence-electron chi connectivity index (χ4n) is 2.28. The van der Waals surface area contributed by atoms with Crippen LogP contribution in [0.25, 0.3) is 0 Å². The minimum Gasteiger partial charge on any atom is -0.384 e. The summed E-state index contributed by atoms with van der Waals surface area (Å²) in [4.78, 5) is 8.86. The van der Waals surface area contributed by atoms with Crippen molar-refractivity contribution in [3.05, 3.63) is 17.8 Å². The molecule has 2 N–H and O–H groups in total. The summed E-state index contributed by atoms with van der Waals surface area (Å²) in [7, 11) is 4.28. The summed E-state index contributed by atoms with van der Waals surface area (Å²) < 4.78 is 0. The molecule has 1 aliphatic rings. The lowest BCUT2D eigenvalue weighted by atomic mass is 10.2. The Morgan fingerprint density at radius 3 is 2.81 bits per heavy atom. The average molecular weight is 220 g/mol. The Kier molecular flexibility index (Phi) is 3.01. The second-order valence-electron chi connectivity index (χ2n) is 4.75. The second-order valence-corrected chi connectivity index (χ2v) is 4.75. The number of aryl methyl sites for hydroxylation is 1. The maximum absolute atomic E-state index is 5.66. The minimum atomic E-state index is 0.601. The maximum atomic E-state index is 5.66. The van der Waals surface area contributed by atoms with Gasteiger partial charge in [-0.25, -0.2) is 4.98 Å². The molecule has 0 aliphatic carbocycles. The van der Waals surface area contributed by atoms with Crippen LogP contribution in [0.4, 0.5) is 11.5 Å². The molecule has 4 nitrogen and oxygen atoms in total. The maximum Gasteiger partial charge on any atom is 0.123 e. The molecule has 2 rings (SSSR count). The molecule has 1 atom stereocenters. The number of nitrogen functional groups attached to an aromatic ring is 1. The van der Waals surface area contributed by atoms with E-state index in [2.05, 4.69) is 35.8 Å². The van der Waals surface area contributed by atoms with Crippen molar-refractivity contribution in [1.82, 2.24) is 9.88 Å². The van der Waals surface area contributed by atoms with E-state index in [1.807, 2.05) is 12.3 Å². The van der Waals surface area contributed by atoms with Crippen LogP contribution in [-0.2, 0) is 0 Å². The number of rotatable bonds is 2. The molecule has 4 heteroatoms. The molecule has 0 bridgehead atoms. The number of hydrogen-bond donors (Lipinski definition) is 1. The van der Waals surface area contributed by atoms with Gasteiger partial charge in [-0.05, 0) is 39.1 Å². The third kappa shape index (κ3) is 2.11. The second kappa shape index (κ2) is 4.29. The first kappa shape index (κ1) is 11.2. The SMILES string of the molecule is Cc1cc(N)ncc1N1CCC(N(C)C)C1. The Labute approximate surface area is 97.1 Å². The van der Waals surface area contributed by atoms with Crippen molar-refractivity contribution in [2.24, 2.45) is 0 Å². The van der Waals surface area contributed by atoms with Crippen LogP contribution in [0.15, 0.2) is 12.3 Å². The van der Waals surface area contributed by atoms with E-state index in [9.17, 15) is 0 Å². The van der Waals surface area contributed by atoms with E-state index < -0.39 is 0 Å². The zero-order valence-electron chi connectivity index (χ0n) is 10.3. The molecule has 88 valence electrons. The van der Waals surface area contributed by atoms with E-state index in [0.717, 1.165) is 13.1 Å². The van der Waals surface area contributed by atoms with Crippen LogP contribution in [-0.4, -0.2) is 43.1 Å². The fraction of sp³-hybridized carbons (Fsp3) is 0.583. The molecule has 1 aliphatic heterocycles. The van der Waals surface area contributed by atoms with Gasteiger partial charge in [-0.1, -0.05) is 0 Å². The van der Waals surface area contributed by atoms with Gasteiger partial charge in [-0.15, -0.1) is 0 Å². The van der Waals surface area contributed by atoms with Crippen molar-refractivity contribution in [3.8, 4) is 0 Å². The summed E-state index contributed by atoms with van der Waals surface area (Å²) in [6, 6.07) is 2.59. The normalized spacial score (nSPS) is 20.8. The molecule has 0 aromatic carbocycles. The van der Waals surface area contributed by atoms with Crippen LogP contribution in [0.1, 0.15) is 12.0 Å². The third-order valence-corrected chi connectivity index (χ3v) is 3.34. The summed E-state index contributed by atoms with van der Waals surface area (Å²) >= 11 is 0. The van der Waals surface area contributed by atoms with Gasteiger partial charge in [0.2, 0.25) is 0 Å². The van der Waals surface area contributed by atoms with Crippen molar-refractivity contribution in [3.63, 3.8) is 0 Å². The third-order valence-electron chi connectivity index (χ3n) is 3.34. The summed E-state index contributed by atoms with van der Waals surface area (Å²) in [5, 5.41) is 0. The van der Waals surface area contributed by atoms with E-state index in [1.54, 1.807) is 0 Å². The highest BCUT2D eigenvalue weighted by atomic mass is 15.2. The zero-order chi connectivity index (χ0) is 11.7. The van der Waals surface area contributed by atoms with Gasteiger partial charge in [0.1, 0.15) is 5.82 Å². The van der Waals surface area contributed by atoms with Gasteiger partial charge in [0, 0.05) is 19.1 Å². The van der Waals surface area contributed by atoms with Gasteiger partial charge in [0.15, 0.2) is 0 Å². The quantitative estimate of drug-likeness (QED) is 0.811. The molecule has 0 saturated carbocycles. The van der Waals surface area contributed by atoms with E-state index in [-0.39, 0.29) is 0 Å². The number of pyridine rings is 1. The van der Waals surface area contributed by atoms with Gasteiger partial charge in [-0.2, -0.15) is 0 Å². The molecule has 1 saturated heterocycles. The Bertz CT molecular complexity index is 375. The smallest absolute Gasteiger partial charge is 0.123 e. The van der Waals surface area contributed by atoms with Crippen molar-refractivity contribution in [1.29, 1.82) is 0 Å². The summed E-state index contributed by atoms with van der Waals surface area (Å²) in [6.07, 6.45) is 3.11. The molecule has 0 spiro atoms. The number of hydrogen-bond acceptors (Lipinski definition) is 4. The van der Waals surface area contributed by atoms with E-state index in [1.165, 1.54) is 17.7 Å². The van der Waals surface area contributed by atoms with E-state index in [0.29, 0.717) is 11.9 Å². The molecule has 1 unspecified atom stereocenters. The summed E-state index contributed by atoms with van der Waals surface area (Å²) in [5.74, 6) is 0.601. The monoisotopic (exact) mass is 220 g/mol. The molecule has 1 aromatic heterocycles. The number of anilines is 2. The summed E-state index contributed by atoms with van der Waals surface area (Å²) in [6.45, 7) is 4.28. The van der Waals surface area contributed by atoms with Crippen LogP contribution >= 0.6 is 0 Å². The largest absolute Gasteiger partial charge is 0.384 e.